The van der Waals surface area contributed by atoms with E-state index in [2.05, 4.69) is 16.0 Å². The zero-order valence-electron chi connectivity index (χ0n) is 11.7. The third-order valence-electron chi connectivity index (χ3n) is 2.31. The molecule has 4 N–H and O–H groups in total. The van der Waals surface area contributed by atoms with Crippen LogP contribution >= 0.6 is 0 Å². The van der Waals surface area contributed by atoms with Crippen LogP contribution in [0.2, 0.25) is 0 Å². The van der Waals surface area contributed by atoms with Crippen LogP contribution in [-0.4, -0.2) is 61.3 Å². The summed E-state index contributed by atoms with van der Waals surface area (Å²) in [5, 5.41) is 16.3. The minimum absolute atomic E-state index is 0.211. The molecule has 0 rings (SSSR count). The van der Waals surface area contributed by atoms with Crippen molar-refractivity contribution in [1.82, 2.24) is 20.9 Å². The first-order valence-electron chi connectivity index (χ1n) is 5.98. The molecular weight excluding hydrogens is 252 g/mol. The van der Waals surface area contributed by atoms with Gasteiger partial charge in [-0.2, -0.15) is 0 Å². The van der Waals surface area contributed by atoms with E-state index in [1.807, 2.05) is 0 Å². The van der Waals surface area contributed by atoms with Gasteiger partial charge in [0.05, 0.1) is 0 Å². The van der Waals surface area contributed by atoms with Crippen LogP contribution in [0.5, 0.6) is 0 Å². The van der Waals surface area contributed by atoms with Gasteiger partial charge in [-0.05, 0) is 5.92 Å². The van der Waals surface area contributed by atoms with E-state index in [1.165, 1.54) is 4.90 Å². The normalized spacial score (nSPS) is 11.6. The fourth-order valence-corrected chi connectivity index (χ4v) is 1.21. The second-order valence-electron chi connectivity index (χ2n) is 4.59. The summed E-state index contributed by atoms with van der Waals surface area (Å²) in [6.45, 7) is 3.90. The van der Waals surface area contributed by atoms with Crippen LogP contribution in [0.1, 0.15) is 13.8 Å². The molecule has 1 unspecified atom stereocenters. The molecule has 0 aromatic carbocycles. The molecule has 0 spiro atoms. The number of rotatable bonds is 6. The van der Waals surface area contributed by atoms with Gasteiger partial charge in [0.1, 0.15) is 6.04 Å². The van der Waals surface area contributed by atoms with Gasteiger partial charge in [0, 0.05) is 27.2 Å². The molecule has 0 radical (unpaired) electrons. The Labute approximate surface area is 112 Å². The van der Waals surface area contributed by atoms with Gasteiger partial charge in [0.15, 0.2) is 0 Å². The molecule has 4 amide bonds. The van der Waals surface area contributed by atoms with Crippen LogP contribution in [0, 0.1) is 5.92 Å². The van der Waals surface area contributed by atoms with Crippen LogP contribution in [0.15, 0.2) is 0 Å². The molecule has 19 heavy (non-hydrogen) atoms. The van der Waals surface area contributed by atoms with Crippen molar-refractivity contribution in [1.29, 1.82) is 0 Å². The maximum Gasteiger partial charge on any atom is 0.326 e. The Balaban J connectivity index is 3.93. The number of carbonyl (C=O) groups excluding carboxylic acids is 2. The van der Waals surface area contributed by atoms with Gasteiger partial charge in [0.25, 0.3) is 0 Å². The van der Waals surface area contributed by atoms with E-state index in [0.717, 1.165) is 0 Å². The molecule has 0 aliphatic heterocycles. The average Bonchev–Trinajstić information content (AvgIpc) is 2.30. The molecule has 0 aliphatic rings. The lowest BCUT2D eigenvalue weighted by molar-refractivity contribution is -0.140. The molecule has 0 fully saturated rings. The lowest BCUT2D eigenvalue weighted by Gasteiger charge is -2.18. The van der Waals surface area contributed by atoms with Gasteiger partial charge in [-0.15, -0.1) is 0 Å². The summed E-state index contributed by atoms with van der Waals surface area (Å²) in [6.07, 6.45) is 0. The highest BCUT2D eigenvalue weighted by atomic mass is 16.4. The van der Waals surface area contributed by atoms with Crippen molar-refractivity contribution in [3.8, 4) is 0 Å². The summed E-state index contributed by atoms with van der Waals surface area (Å²) >= 11 is 0. The van der Waals surface area contributed by atoms with Gasteiger partial charge < -0.3 is 26.0 Å². The van der Waals surface area contributed by atoms with Gasteiger partial charge >= 0.3 is 18.0 Å². The Kier molecular flexibility index (Phi) is 7.32. The van der Waals surface area contributed by atoms with Crippen molar-refractivity contribution in [2.45, 2.75) is 19.9 Å². The first-order valence-corrected chi connectivity index (χ1v) is 5.98. The first kappa shape index (κ1) is 17.0. The molecule has 0 heterocycles. The number of aliphatic carboxylic acids is 1. The summed E-state index contributed by atoms with van der Waals surface area (Å²) < 4.78 is 0. The molecule has 8 heteroatoms. The van der Waals surface area contributed by atoms with Crippen molar-refractivity contribution in [2.24, 2.45) is 5.92 Å². The lowest BCUT2D eigenvalue weighted by atomic mass is 10.1. The third-order valence-corrected chi connectivity index (χ3v) is 2.31. The van der Waals surface area contributed by atoms with Crippen LogP contribution in [0.25, 0.3) is 0 Å². The number of nitrogens with one attached hydrogen (secondary N) is 3. The first-order chi connectivity index (χ1) is 8.75. The average molecular weight is 274 g/mol. The predicted molar refractivity (Wildman–Crippen MR) is 69.9 cm³/mol. The van der Waals surface area contributed by atoms with E-state index >= 15 is 0 Å². The number of hydrogen-bond acceptors (Lipinski definition) is 3. The highest BCUT2D eigenvalue weighted by molar-refractivity contribution is 5.82. The number of carboxylic acid groups (broad SMARTS) is 1. The number of amides is 4. The molecule has 0 aromatic heterocycles. The molecule has 0 bridgehead atoms. The highest BCUT2D eigenvalue weighted by Gasteiger charge is 2.22. The SMILES string of the molecule is CC(C)C(NC(=O)NCCNC(=O)N(C)C)C(=O)O. The van der Waals surface area contributed by atoms with Crippen LogP contribution < -0.4 is 16.0 Å². The molecule has 0 aromatic rings. The Morgan fingerprint density at radius 2 is 1.63 bits per heavy atom. The van der Waals surface area contributed by atoms with Crippen molar-refractivity contribution >= 4 is 18.0 Å². The van der Waals surface area contributed by atoms with Crippen LogP contribution in [0.3, 0.4) is 0 Å². The summed E-state index contributed by atoms with van der Waals surface area (Å²) in [4.78, 5) is 34.8. The Morgan fingerprint density at radius 3 is 2.05 bits per heavy atom. The second-order valence-corrected chi connectivity index (χ2v) is 4.59. The van der Waals surface area contributed by atoms with Crippen molar-refractivity contribution < 1.29 is 19.5 Å². The summed E-state index contributed by atoms with van der Waals surface area (Å²) in [5.41, 5.74) is 0. The van der Waals surface area contributed by atoms with E-state index in [9.17, 15) is 14.4 Å². The highest BCUT2D eigenvalue weighted by Crippen LogP contribution is 2.00. The van der Waals surface area contributed by atoms with E-state index in [-0.39, 0.29) is 25.0 Å². The standard InChI is InChI=1S/C11H22N4O4/c1-7(2)8(9(16)17)14-10(18)12-5-6-13-11(19)15(3)4/h7-8H,5-6H2,1-4H3,(H,13,19)(H,16,17)(H2,12,14,18). The second kappa shape index (κ2) is 8.17. The maximum absolute atomic E-state index is 11.4. The van der Waals surface area contributed by atoms with E-state index in [0.29, 0.717) is 0 Å². The van der Waals surface area contributed by atoms with Gasteiger partial charge in [-0.25, -0.2) is 14.4 Å². The predicted octanol–water partition coefficient (Wildman–Crippen LogP) is -0.334. The quantitative estimate of drug-likeness (QED) is 0.497. The van der Waals surface area contributed by atoms with E-state index < -0.39 is 18.0 Å². The summed E-state index contributed by atoms with van der Waals surface area (Å²) in [5.74, 6) is -1.29. The lowest BCUT2D eigenvalue weighted by Crippen LogP contribution is -2.50. The number of nitrogens with zero attached hydrogens (tertiary/aromatic N) is 1. The Bertz CT molecular complexity index is 331. The number of carboxylic acids is 1. The van der Waals surface area contributed by atoms with E-state index in [4.69, 9.17) is 5.11 Å². The monoisotopic (exact) mass is 274 g/mol. The van der Waals surface area contributed by atoms with Crippen LogP contribution in [-0.2, 0) is 4.79 Å². The molecule has 110 valence electrons. The fourth-order valence-electron chi connectivity index (χ4n) is 1.21. The molecule has 0 saturated carbocycles. The Morgan fingerprint density at radius 1 is 1.11 bits per heavy atom. The molecule has 0 aliphatic carbocycles. The minimum atomic E-state index is -1.08. The molecule has 8 nitrogen and oxygen atoms in total. The third kappa shape index (κ3) is 7.12. The molecule has 1 atom stereocenters. The minimum Gasteiger partial charge on any atom is -0.480 e. The number of urea groups is 2. The van der Waals surface area contributed by atoms with Crippen molar-refractivity contribution in [3.63, 3.8) is 0 Å². The van der Waals surface area contributed by atoms with E-state index in [1.54, 1.807) is 27.9 Å². The smallest absolute Gasteiger partial charge is 0.326 e. The Hall–Kier alpha value is -1.99. The van der Waals surface area contributed by atoms with Crippen molar-refractivity contribution in [3.05, 3.63) is 0 Å². The fraction of sp³-hybridized carbons (Fsp3) is 0.727. The maximum atomic E-state index is 11.4. The number of carbonyl (C=O) groups is 3. The summed E-state index contributed by atoms with van der Waals surface area (Å²) in [6, 6.07) is -1.76. The molecular formula is C11H22N4O4. The topological polar surface area (TPSA) is 111 Å². The van der Waals surface area contributed by atoms with Crippen LogP contribution in [0.4, 0.5) is 9.59 Å². The van der Waals surface area contributed by atoms with Gasteiger partial charge in [-0.3, -0.25) is 0 Å². The largest absolute Gasteiger partial charge is 0.480 e. The zero-order valence-corrected chi connectivity index (χ0v) is 11.7. The van der Waals surface area contributed by atoms with Gasteiger partial charge in [0.2, 0.25) is 0 Å². The van der Waals surface area contributed by atoms with Gasteiger partial charge in [-0.1, -0.05) is 13.8 Å². The number of hydrogen-bond donors (Lipinski definition) is 4. The summed E-state index contributed by atoms with van der Waals surface area (Å²) in [7, 11) is 3.21. The molecule has 0 saturated heterocycles. The zero-order chi connectivity index (χ0) is 15.0. The van der Waals surface area contributed by atoms with Crippen molar-refractivity contribution in [2.75, 3.05) is 27.2 Å².